The van der Waals surface area contributed by atoms with Gasteiger partial charge in [-0.25, -0.2) is 14.0 Å². The molecule has 0 saturated carbocycles. The first-order valence-electron chi connectivity index (χ1n) is 9.08. The number of rotatable bonds is 10. The van der Waals surface area contributed by atoms with Gasteiger partial charge in [0.15, 0.2) is 11.6 Å². The van der Waals surface area contributed by atoms with Gasteiger partial charge in [-0.2, -0.15) is 0 Å². The fourth-order valence-electron chi connectivity index (χ4n) is 2.58. The molecular weight excluding hydrogens is 415 g/mol. The average molecular weight is 436 g/mol. The van der Waals surface area contributed by atoms with Crippen LogP contribution in [0.15, 0.2) is 30.3 Å². The van der Waals surface area contributed by atoms with Gasteiger partial charge in [0, 0.05) is 11.8 Å². The largest absolute Gasteiger partial charge is 0.494 e. The van der Waals surface area contributed by atoms with Crippen LogP contribution in [0.3, 0.4) is 0 Å². The number of halogens is 1. The lowest BCUT2D eigenvalue weighted by Gasteiger charge is -2.10. The van der Waals surface area contributed by atoms with Crippen LogP contribution in [-0.4, -0.2) is 44.3 Å². The van der Waals surface area contributed by atoms with Crippen LogP contribution in [0.5, 0.6) is 11.5 Å². The van der Waals surface area contributed by atoms with E-state index in [2.05, 4.69) is 9.47 Å². The van der Waals surface area contributed by atoms with Crippen molar-refractivity contribution in [3.8, 4) is 11.5 Å². The van der Waals surface area contributed by atoms with Gasteiger partial charge in [-0.15, -0.1) is 0 Å². The molecule has 166 valence electrons. The van der Waals surface area contributed by atoms with Crippen molar-refractivity contribution in [3.05, 3.63) is 57.4 Å². The smallest absolute Gasteiger partial charge is 0.345 e. The fourth-order valence-corrected chi connectivity index (χ4v) is 2.58. The minimum absolute atomic E-state index is 0.0679. The summed E-state index contributed by atoms with van der Waals surface area (Å²) in [6.07, 6.45) is 0.990. The summed E-state index contributed by atoms with van der Waals surface area (Å²) in [5.74, 6) is -2.36. The van der Waals surface area contributed by atoms with Gasteiger partial charge in [0.1, 0.15) is 11.3 Å². The van der Waals surface area contributed by atoms with E-state index in [1.54, 1.807) is 6.07 Å². The first kappa shape index (κ1) is 23.4. The number of nitrogen functional groups attached to an aromatic ring is 1. The van der Waals surface area contributed by atoms with E-state index in [0.717, 1.165) is 13.2 Å². The predicted octanol–water partition coefficient (Wildman–Crippen LogP) is 3.13. The number of hydrogen-bond acceptors (Lipinski definition) is 9. The number of nitro benzene ring substituents is 1. The summed E-state index contributed by atoms with van der Waals surface area (Å²) in [4.78, 5) is 33.4. The highest BCUT2D eigenvalue weighted by atomic mass is 19.1. The van der Waals surface area contributed by atoms with Crippen LogP contribution in [0.25, 0.3) is 0 Å². The molecule has 10 nitrogen and oxygen atoms in total. The van der Waals surface area contributed by atoms with Gasteiger partial charge >= 0.3 is 11.9 Å². The van der Waals surface area contributed by atoms with Crippen LogP contribution in [-0.2, 0) is 9.47 Å². The van der Waals surface area contributed by atoms with Gasteiger partial charge in [0.05, 0.1) is 44.0 Å². The lowest BCUT2D eigenvalue weighted by Crippen LogP contribution is -2.09. The number of carbonyl (C=O) groups excluding carboxylic acids is 2. The van der Waals surface area contributed by atoms with Crippen LogP contribution in [0, 0.1) is 15.9 Å². The third-order valence-electron chi connectivity index (χ3n) is 4.15. The molecule has 0 atom stereocenters. The Kier molecular flexibility index (Phi) is 8.12. The summed E-state index contributed by atoms with van der Waals surface area (Å²) in [5.41, 5.74) is 5.13. The summed E-state index contributed by atoms with van der Waals surface area (Å²) in [5, 5.41) is 11.1. The lowest BCUT2D eigenvalue weighted by atomic mass is 10.1. The molecule has 0 fully saturated rings. The predicted molar refractivity (Wildman–Crippen MR) is 107 cm³/mol. The third kappa shape index (κ3) is 6.04. The number of nitro groups is 1. The summed E-state index contributed by atoms with van der Waals surface area (Å²) in [6, 6.07) is 6.14. The molecule has 0 aromatic heterocycles. The second kappa shape index (κ2) is 10.8. The number of hydrogen-bond donors (Lipinski definition) is 1. The number of nitrogens with two attached hydrogens (primary N) is 1. The van der Waals surface area contributed by atoms with Crippen molar-refractivity contribution >= 4 is 23.3 Å². The SMILES string of the molecule is COC(=O)c1ccc(OCCCCOc2cc([N+](=O)[O-])c(C(=O)OC)cc2F)cc1N. The van der Waals surface area contributed by atoms with Crippen molar-refractivity contribution in [2.45, 2.75) is 12.8 Å². The number of benzene rings is 2. The summed E-state index contributed by atoms with van der Waals surface area (Å²) in [6.45, 7) is 0.364. The van der Waals surface area contributed by atoms with E-state index < -0.39 is 33.9 Å². The van der Waals surface area contributed by atoms with Crippen molar-refractivity contribution in [1.29, 1.82) is 0 Å². The molecule has 31 heavy (non-hydrogen) atoms. The van der Waals surface area contributed by atoms with E-state index >= 15 is 0 Å². The van der Waals surface area contributed by atoms with E-state index in [9.17, 15) is 24.1 Å². The molecular formula is C20H21FN2O8. The number of nitrogens with zero attached hydrogens (tertiary/aromatic N) is 1. The lowest BCUT2D eigenvalue weighted by molar-refractivity contribution is -0.385. The maximum absolute atomic E-state index is 14.1. The summed E-state index contributed by atoms with van der Waals surface area (Å²) in [7, 11) is 2.30. The zero-order valence-corrected chi connectivity index (χ0v) is 16.9. The highest BCUT2D eigenvalue weighted by Crippen LogP contribution is 2.29. The molecule has 0 saturated heterocycles. The van der Waals surface area contributed by atoms with E-state index in [1.807, 2.05) is 0 Å². The van der Waals surface area contributed by atoms with Gasteiger partial charge in [-0.05, 0) is 31.0 Å². The maximum Gasteiger partial charge on any atom is 0.345 e. The minimum atomic E-state index is -1.02. The third-order valence-corrected chi connectivity index (χ3v) is 4.15. The van der Waals surface area contributed by atoms with Crippen LogP contribution >= 0.6 is 0 Å². The molecule has 0 heterocycles. The minimum Gasteiger partial charge on any atom is -0.494 e. The van der Waals surface area contributed by atoms with Crippen molar-refractivity contribution in [2.24, 2.45) is 0 Å². The first-order valence-corrected chi connectivity index (χ1v) is 9.08. The van der Waals surface area contributed by atoms with Gasteiger partial charge < -0.3 is 24.7 Å². The number of methoxy groups -OCH3 is 2. The topological polar surface area (TPSA) is 140 Å². The molecule has 0 bridgehead atoms. The quantitative estimate of drug-likeness (QED) is 0.195. The normalized spacial score (nSPS) is 10.3. The highest BCUT2D eigenvalue weighted by molar-refractivity contribution is 5.95. The van der Waals surface area contributed by atoms with Gasteiger partial charge in [-0.3, -0.25) is 10.1 Å². The van der Waals surface area contributed by atoms with Crippen molar-refractivity contribution in [3.63, 3.8) is 0 Å². The summed E-state index contributed by atoms with van der Waals surface area (Å²) < 4.78 is 33.9. The van der Waals surface area contributed by atoms with Crippen molar-refractivity contribution < 1.29 is 37.9 Å². The van der Waals surface area contributed by atoms with E-state index in [4.69, 9.17) is 15.2 Å². The second-order valence-electron chi connectivity index (χ2n) is 6.19. The number of esters is 2. The molecule has 2 aromatic carbocycles. The van der Waals surface area contributed by atoms with Crippen LogP contribution in [0.4, 0.5) is 15.8 Å². The zero-order chi connectivity index (χ0) is 23.0. The Morgan fingerprint density at radius 3 is 2.19 bits per heavy atom. The van der Waals surface area contributed by atoms with Crippen molar-refractivity contribution in [1.82, 2.24) is 0 Å². The van der Waals surface area contributed by atoms with Crippen LogP contribution in [0.2, 0.25) is 0 Å². The molecule has 0 spiro atoms. The molecule has 0 aliphatic heterocycles. The van der Waals surface area contributed by atoms with Crippen LogP contribution in [0.1, 0.15) is 33.6 Å². The molecule has 0 aliphatic rings. The van der Waals surface area contributed by atoms with Crippen molar-refractivity contribution in [2.75, 3.05) is 33.2 Å². The van der Waals surface area contributed by atoms with Gasteiger partial charge in [-0.1, -0.05) is 0 Å². The van der Waals surface area contributed by atoms with Gasteiger partial charge in [0.2, 0.25) is 0 Å². The Bertz CT molecular complexity index is 980. The Morgan fingerprint density at radius 2 is 1.61 bits per heavy atom. The van der Waals surface area contributed by atoms with E-state index in [-0.39, 0.29) is 23.6 Å². The summed E-state index contributed by atoms with van der Waals surface area (Å²) >= 11 is 0. The second-order valence-corrected chi connectivity index (χ2v) is 6.19. The maximum atomic E-state index is 14.1. The van der Waals surface area contributed by atoms with E-state index in [1.165, 1.54) is 19.2 Å². The zero-order valence-electron chi connectivity index (χ0n) is 16.9. The average Bonchev–Trinajstić information content (AvgIpc) is 2.75. The standard InChI is InChI=1S/C20H21FN2O8/c1-28-19(24)13-6-5-12(9-16(13)22)30-7-3-4-8-31-18-11-17(23(26)27)14(10-15(18)21)20(25)29-2/h5-6,9-11H,3-4,7-8,22H2,1-2H3. The Hall–Kier alpha value is -3.89. The Morgan fingerprint density at radius 1 is 1.00 bits per heavy atom. The molecule has 0 aliphatic carbocycles. The Balaban J connectivity index is 1.86. The Labute approximate surface area is 176 Å². The molecule has 0 unspecified atom stereocenters. The molecule has 2 N–H and O–H groups in total. The first-order chi connectivity index (χ1) is 14.8. The molecule has 0 amide bonds. The number of ether oxygens (including phenoxy) is 4. The monoisotopic (exact) mass is 436 g/mol. The number of unbranched alkanes of at least 4 members (excludes halogenated alkanes) is 1. The molecule has 0 radical (unpaired) electrons. The molecule has 2 rings (SSSR count). The van der Waals surface area contributed by atoms with Crippen LogP contribution < -0.4 is 15.2 Å². The number of anilines is 1. The number of carbonyl (C=O) groups is 2. The fraction of sp³-hybridized carbons (Fsp3) is 0.300. The molecule has 11 heteroatoms. The highest BCUT2D eigenvalue weighted by Gasteiger charge is 2.25. The molecule has 2 aromatic rings. The van der Waals surface area contributed by atoms with Gasteiger partial charge in [0.25, 0.3) is 5.69 Å². The van der Waals surface area contributed by atoms with E-state index in [0.29, 0.717) is 31.3 Å².